The van der Waals surface area contributed by atoms with Gasteiger partial charge < -0.3 is 0 Å². The fraction of sp³-hybridized carbons (Fsp3) is 1.00. The molecule has 0 aromatic carbocycles. The highest BCUT2D eigenvalue weighted by Crippen LogP contribution is 1.89. The van der Waals surface area contributed by atoms with Crippen molar-refractivity contribution < 1.29 is 12.3 Å². The average Bonchev–Trinajstić information content (AvgIpc) is 1.63. The number of rotatable bonds is 3. The summed E-state index contributed by atoms with van der Waals surface area (Å²) in [4.78, 5) is 2.23. The summed E-state index contributed by atoms with van der Waals surface area (Å²) in [7, 11) is -4.46. The topological polar surface area (TPSA) is 82.9 Å². The highest BCUT2D eigenvalue weighted by atomic mass is 32.3. The molecule has 0 saturated carbocycles. The number of hydrogen-bond donors (Lipinski definition) is 0. The van der Waals surface area contributed by atoms with Crippen LogP contribution in [0.25, 0.3) is 10.4 Å². The minimum atomic E-state index is -4.46. The average molecular weight is 153 g/mol. The predicted octanol–water partition coefficient (Wildman–Crippen LogP) is 0.596. The molecule has 0 fully saturated rings. The van der Waals surface area contributed by atoms with Crippen molar-refractivity contribution in [2.24, 2.45) is 5.11 Å². The van der Waals surface area contributed by atoms with Crippen LogP contribution in [0.15, 0.2) is 5.11 Å². The van der Waals surface area contributed by atoms with E-state index < -0.39 is 16.0 Å². The summed E-state index contributed by atoms with van der Waals surface area (Å²) in [5, 5.41) is 2.82. The first kappa shape index (κ1) is 8.19. The van der Waals surface area contributed by atoms with Gasteiger partial charge in [-0.15, -0.1) is 3.89 Å². The molecule has 0 bridgehead atoms. The normalized spacial score (nSPS) is 10.3. The zero-order chi connectivity index (χ0) is 7.33. The van der Waals surface area contributed by atoms with Crippen molar-refractivity contribution in [1.29, 1.82) is 0 Å². The first-order valence-corrected chi connectivity index (χ1v) is 3.55. The maximum Gasteiger partial charge on any atom is 0.302 e. The Bertz CT molecular complexity index is 216. The highest BCUT2D eigenvalue weighted by Gasteiger charge is 2.03. The summed E-state index contributed by atoms with van der Waals surface area (Å²) in [6.45, 7) is -0.352. The lowest BCUT2D eigenvalue weighted by atomic mass is 10.8. The number of hydrogen-bond acceptors (Lipinski definition) is 3. The quantitative estimate of drug-likeness (QED) is 0.257. The molecule has 7 heteroatoms. The van der Waals surface area contributed by atoms with Gasteiger partial charge >= 0.3 is 10.2 Å². The van der Waals surface area contributed by atoms with Crippen LogP contribution in [0.3, 0.4) is 0 Å². The van der Waals surface area contributed by atoms with Gasteiger partial charge in [-0.3, -0.25) is 0 Å². The first-order chi connectivity index (χ1) is 4.06. The minimum Gasteiger partial charge on any atom is -0.195 e. The molecular formula is C2H4FN3O2S. The number of azide groups is 1. The van der Waals surface area contributed by atoms with Gasteiger partial charge in [-0.1, -0.05) is 5.11 Å². The van der Waals surface area contributed by atoms with E-state index in [1.807, 2.05) is 0 Å². The van der Waals surface area contributed by atoms with Crippen LogP contribution in [-0.4, -0.2) is 20.7 Å². The van der Waals surface area contributed by atoms with Gasteiger partial charge in [0.25, 0.3) is 0 Å². The summed E-state index contributed by atoms with van der Waals surface area (Å²) < 4.78 is 30.8. The van der Waals surface area contributed by atoms with Crippen molar-refractivity contribution in [1.82, 2.24) is 0 Å². The first-order valence-electron chi connectivity index (χ1n) is 1.99. The SMILES string of the molecule is [N-]=[N+]=NCCS(=O)(=O)F. The Morgan fingerprint density at radius 3 is 2.56 bits per heavy atom. The van der Waals surface area contributed by atoms with Gasteiger partial charge in [0, 0.05) is 11.5 Å². The Hall–Kier alpha value is -0.810. The molecule has 0 spiro atoms. The van der Waals surface area contributed by atoms with E-state index in [1.54, 1.807) is 0 Å². The molecule has 0 saturated heterocycles. The zero-order valence-corrected chi connectivity index (χ0v) is 5.18. The number of halogens is 1. The smallest absolute Gasteiger partial charge is 0.195 e. The molecule has 5 nitrogen and oxygen atoms in total. The van der Waals surface area contributed by atoms with Crippen molar-refractivity contribution in [3.63, 3.8) is 0 Å². The van der Waals surface area contributed by atoms with Crippen LogP contribution in [0, 0.1) is 0 Å². The third-order valence-electron chi connectivity index (χ3n) is 0.498. The molecule has 0 aromatic rings. The summed E-state index contributed by atoms with van der Waals surface area (Å²) in [6, 6.07) is 0. The van der Waals surface area contributed by atoms with Gasteiger partial charge in [0.15, 0.2) is 0 Å². The maximum atomic E-state index is 11.5. The van der Waals surface area contributed by atoms with E-state index in [9.17, 15) is 12.3 Å². The van der Waals surface area contributed by atoms with Gasteiger partial charge in [-0.2, -0.15) is 8.42 Å². The monoisotopic (exact) mass is 153 g/mol. The molecule has 0 aliphatic rings. The van der Waals surface area contributed by atoms with E-state index in [2.05, 4.69) is 10.0 Å². The largest absolute Gasteiger partial charge is 0.302 e. The van der Waals surface area contributed by atoms with Crippen LogP contribution in [0.2, 0.25) is 0 Å². The zero-order valence-electron chi connectivity index (χ0n) is 4.36. The summed E-state index contributed by atoms with van der Waals surface area (Å²) in [5.74, 6) is -0.739. The third-order valence-corrected chi connectivity index (χ3v) is 1.17. The Morgan fingerprint density at radius 1 is 1.67 bits per heavy atom. The van der Waals surface area contributed by atoms with E-state index in [4.69, 9.17) is 5.53 Å². The number of nitrogens with zero attached hydrogens (tertiary/aromatic N) is 3. The molecule has 9 heavy (non-hydrogen) atoms. The highest BCUT2D eigenvalue weighted by molar-refractivity contribution is 7.86. The van der Waals surface area contributed by atoms with Crippen molar-refractivity contribution in [3.05, 3.63) is 10.4 Å². The van der Waals surface area contributed by atoms with Crippen LogP contribution in [0.4, 0.5) is 3.89 Å². The van der Waals surface area contributed by atoms with Crippen LogP contribution >= 0.6 is 0 Å². The molecular weight excluding hydrogens is 149 g/mol. The van der Waals surface area contributed by atoms with Crippen LogP contribution in [0.5, 0.6) is 0 Å². The maximum absolute atomic E-state index is 11.5. The molecule has 0 amide bonds. The summed E-state index contributed by atoms with van der Waals surface area (Å²) in [5.41, 5.74) is 7.60. The molecule has 0 unspecified atom stereocenters. The lowest BCUT2D eigenvalue weighted by molar-refractivity contribution is 0.552. The van der Waals surface area contributed by atoms with E-state index in [0.717, 1.165) is 0 Å². The Labute approximate surface area is 51.3 Å². The van der Waals surface area contributed by atoms with Gasteiger partial charge in [0.1, 0.15) is 0 Å². The lowest BCUT2D eigenvalue weighted by Gasteiger charge is -1.83. The van der Waals surface area contributed by atoms with Crippen molar-refractivity contribution in [3.8, 4) is 0 Å². The van der Waals surface area contributed by atoms with Crippen molar-refractivity contribution in [2.45, 2.75) is 0 Å². The summed E-state index contributed by atoms with van der Waals surface area (Å²) >= 11 is 0. The van der Waals surface area contributed by atoms with Crippen molar-refractivity contribution in [2.75, 3.05) is 12.3 Å². The fourth-order valence-corrected chi connectivity index (χ4v) is 0.494. The minimum absolute atomic E-state index is 0.352. The molecule has 0 aliphatic carbocycles. The van der Waals surface area contributed by atoms with Crippen LogP contribution in [0.1, 0.15) is 0 Å². The van der Waals surface area contributed by atoms with E-state index in [-0.39, 0.29) is 6.54 Å². The van der Waals surface area contributed by atoms with Gasteiger partial charge in [-0.05, 0) is 5.53 Å². The molecule has 0 aliphatic heterocycles. The Kier molecular flexibility index (Phi) is 2.97. The van der Waals surface area contributed by atoms with Gasteiger partial charge in [0.2, 0.25) is 0 Å². The predicted molar refractivity (Wildman–Crippen MR) is 28.9 cm³/mol. The van der Waals surface area contributed by atoms with Gasteiger partial charge in [0.05, 0.1) is 5.75 Å². The molecule has 52 valence electrons. The second-order valence-corrected chi connectivity index (χ2v) is 2.68. The molecule has 0 heterocycles. The van der Waals surface area contributed by atoms with Crippen LogP contribution < -0.4 is 0 Å². The molecule has 0 radical (unpaired) electrons. The standard InChI is InChI=1S/C2H4FN3O2S/c3-9(7,8)2-1-5-6-4/h1-2H2. The van der Waals surface area contributed by atoms with Gasteiger partial charge in [-0.25, -0.2) is 0 Å². The lowest BCUT2D eigenvalue weighted by Crippen LogP contribution is -2.00. The Balaban J connectivity index is 3.66. The Morgan fingerprint density at radius 2 is 2.22 bits per heavy atom. The van der Waals surface area contributed by atoms with E-state index in [0.29, 0.717) is 0 Å². The van der Waals surface area contributed by atoms with E-state index in [1.165, 1.54) is 0 Å². The second-order valence-electron chi connectivity index (χ2n) is 1.20. The van der Waals surface area contributed by atoms with Crippen molar-refractivity contribution >= 4 is 10.2 Å². The second kappa shape index (κ2) is 3.26. The third kappa shape index (κ3) is 7.19. The van der Waals surface area contributed by atoms with E-state index >= 15 is 0 Å². The molecule has 0 atom stereocenters. The summed E-state index contributed by atoms with van der Waals surface area (Å²) in [6.07, 6.45) is 0. The van der Waals surface area contributed by atoms with Crippen LogP contribution in [-0.2, 0) is 10.2 Å². The molecule has 0 N–H and O–H groups in total. The fourth-order valence-electron chi connectivity index (χ4n) is 0.195. The molecule has 0 rings (SSSR count). The molecule has 0 aromatic heterocycles.